The number of nitrogens with one attached hydrogen (secondary N) is 1. The molecule has 1 aliphatic carbocycles. The third kappa shape index (κ3) is 4.25. The molecule has 18 heavy (non-hydrogen) atoms. The number of rotatable bonds is 5. The number of carbonyl (C=O) groups excluding carboxylic acids is 1. The minimum Gasteiger partial charge on any atom is -0.395 e. The van der Waals surface area contributed by atoms with Crippen LogP contribution in [-0.2, 0) is 4.79 Å². The number of amides is 1. The van der Waals surface area contributed by atoms with Gasteiger partial charge in [0.05, 0.1) is 13.2 Å². The van der Waals surface area contributed by atoms with E-state index in [1.807, 2.05) is 18.9 Å². The largest absolute Gasteiger partial charge is 0.395 e. The van der Waals surface area contributed by atoms with E-state index in [-0.39, 0.29) is 18.6 Å². The number of hydrogen-bond donors (Lipinski definition) is 2. The van der Waals surface area contributed by atoms with Crippen molar-refractivity contribution in [2.75, 3.05) is 20.2 Å². The Labute approximate surface area is 111 Å². The van der Waals surface area contributed by atoms with E-state index in [4.69, 9.17) is 5.11 Å². The van der Waals surface area contributed by atoms with Crippen molar-refractivity contribution >= 4 is 5.91 Å². The number of aliphatic hydroxyl groups is 1. The summed E-state index contributed by atoms with van der Waals surface area (Å²) in [6.07, 6.45) is 3.57. The molecule has 0 radical (unpaired) electrons. The molecule has 1 aliphatic rings. The highest BCUT2D eigenvalue weighted by molar-refractivity contribution is 5.78. The lowest BCUT2D eigenvalue weighted by molar-refractivity contribution is -0.124. The summed E-state index contributed by atoms with van der Waals surface area (Å²) in [5.41, 5.74) is 0. The second-order valence-corrected chi connectivity index (χ2v) is 5.89. The van der Waals surface area contributed by atoms with Crippen LogP contribution in [0.1, 0.15) is 40.0 Å². The second-order valence-electron chi connectivity index (χ2n) is 5.89. The van der Waals surface area contributed by atoms with Crippen molar-refractivity contribution in [1.29, 1.82) is 0 Å². The van der Waals surface area contributed by atoms with Crippen molar-refractivity contribution in [3.63, 3.8) is 0 Å². The summed E-state index contributed by atoms with van der Waals surface area (Å²) in [6.45, 7) is 6.86. The number of likely N-dealkylation sites (N-methyl/N-ethyl adjacent to an activating group) is 1. The Hall–Kier alpha value is -0.610. The van der Waals surface area contributed by atoms with E-state index in [0.29, 0.717) is 24.4 Å². The summed E-state index contributed by atoms with van der Waals surface area (Å²) < 4.78 is 0. The average Bonchev–Trinajstić information content (AvgIpc) is 2.33. The van der Waals surface area contributed by atoms with Gasteiger partial charge < -0.3 is 10.4 Å². The van der Waals surface area contributed by atoms with Crippen molar-refractivity contribution in [3.8, 4) is 0 Å². The lowest BCUT2D eigenvalue weighted by atomic mass is 9.78. The van der Waals surface area contributed by atoms with Crippen molar-refractivity contribution in [1.82, 2.24) is 10.2 Å². The standard InChI is InChI=1S/C14H28N2O2/c1-10-6-5-7-13(12(10)3)15-14(18)8-16(4)11(2)9-17/h10-13,17H,5-9H2,1-4H3,(H,15,18). The summed E-state index contributed by atoms with van der Waals surface area (Å²) in [7, 11) is 1.87. The summed E-state index contributed by atoms with van der Waals surface area (Å²) in [5, 5.41) is 12.2. The van der Waals surface area contributed by atoms with E-state index < -0.39 is 0 Å². The van der Waals surface area contributed by atoms with E-state index in [1.165, 1.54) is 12.8 Å². The molecule has 0 aliphatic heterocycles. The molecule has 0 bridgehead atoms. The van der Waals surface area contributed by atoms with Crippen LogP contribution < -0.4 is 5.32 Å². The maximum Gasteiger partial charge on any atom is 0.234 e. The molecule has 0 aromatic heterocycles. The Morgan fingerprint density at radius 1 is 1.44 bits per heavy atom. The number of nitrogens with zero attached hydrogens (tertiary/aromatic N) is 1. The molecule has 0 aromatic carbocycles. The van der Waals surface area contributed by atoms with Gasteiger partial charge in [0.2, 0.25) is 5.91 Å². The van der Waals surface area contributed by atoms with Gasteiger partial charge in [-0.3, -0.25) is 9.69 Å². The Bertz CT molecular complexity index is 271. The lowest BCUT2D eigenvalue weighted by Gasteiger charge is -2.35. The molecule has 0 aromatic rings. The number of hydrogen-bond acceptors (Lipinski definition) is 3. The smallest absolute Gasteiger partial charge is 0.234 e. The summed E-state index contributed by atoms with van der Waals surface area (Å²) in [4.78, 5) is 13.8. The highest BCUT2D eigenvalue weighted by Crippen LogP contribution is 2.29. The molecular weight excluding hydrogens is 228 g/mol. The zero-order valence-electron chi connectivity index (χ0n) is 12.1. The molecular formula is C14H28N2O2. The van der Waals surface area contributed by atoms with E-state index in [9.17, 15) is 4.79 Å². The first-order valence-corrected chi connectivity index (χ1v) is 7.06. The monoisotopic (exact) mass is 256 g/mol. The zero-order chi connectivity index (χ0) is 13.7. The fraction of sp³-hybridized carbons (Fsp3) is 0.929. The van der Waals surface area contributed by atoms with Crippen LogP contribution in [0.2, 0.25) is 0 Å². The molecule has 106 valence electrons. The second kappa shape index (κ2) is 7.10. The van der Waals surface area contributed by atoms with Gasteiger partial charge in [0.1, 0.15) is 0 Å². The predicted octanol–water partition coefficient (Wildman–Crippen LogP) is 1.24. The zero-order valence-corrected chi connectivity index (χ0v) is 12.1. The Kier molecular flexibility index (Phi) is 6.09. The van der Waals surface area contributed by atoms with Crippen LogP contribution in [-0.4, -0.2) is 48.2 Å². The molecule has 1 rings (SSSR count). The molecule has 1 amide bonds. The first kappa shape index (κ1) is 15.4. The third-order valence-electron chi connectivity index (χ3n) is 4.46. The van der Waals surface area contributed by atoms with E-state index in [2.05, 4.69) is 19.2 Å². The SMILES string of the molecule is CC1CCCC(NC(=O)CN(C)C(C)CO)C1C. The molecule has 1 fully saturated rings. The lowest BCUT2D eigenvalue weighted by Crippen LogP contribution is -2.48. The molecule has 4 atom stereocenters. The van der Waals surface area contributed by atoms with Crippen LogP contribution in [0.25, 0.3) is 0 Å². The van der Waals surface area contributed by atoms with Gasteiger partial charge in [-0.15, -0.1) is 0 Å². The molecule has 0 heterocycles. The number of carbonyl (C=O) groups is 1. The van der Waals surface area contributed by atoms with E-state index in [0.717, 1.165) is 6.42 Å². The van der Waals surface area contributed by atoms with Crippen molar-refractivity contribution < 1.29 is 9.90 Å². The summed E-state index contributed by atoms with van der Waals surface area (Å²) in [5.74, 6) is 1.32. The molecule has 4 unspecified atom stereocenters. The van der Waals surface area contributed by atoms with Crippen LogP contribution in [0, 0.1) is 11.8 Å². The van der Waals surface area contributed by atoms with Gasteiger partial charge >= 0.3 is 0 Å². The molecule has 0 saturated heterocycles. The third-order valence-corrected chi connectivity index (χ3v) is 4.46. The highest BCUT2D eigenvalue weighted by Gasteiger charge is 2.28. The molecule has 4 heteroatoms. The van der Waals surface area contributed by atoms with Gasteiger partial charge in [-0.05, 0) is 32.2 Å². The molecule has 1 saturated carbocycles. The fourth-order valence-corrected chi connectivity index (χ4v) is 2.56. The topological polar surface area (TPSA) is 52.6 Å². The van der Waals surface area contributed by atoms with Crippen LogP contribution >= 0.6 is 0 Å². The Balaban J connectivity index is 2.39. The van der Waals surface area contributed by atoms with Gasteiger partial charge in [0, 0.05) is 12.1 Å². The molecule has 2 N–H and O–H groups in total. The maximum absolute atomic E-state index is 12.0. The van der Waals surface area contributed by atoms with Crippen molar-refractivity contribution in [3.05, 3.63) is 0 Å². The Morgan fingerprint density at radius 3 is 2.72 bits per heavy atom. The van der Waals surface area contributed by atoms with Crippen molar-refractivity contribution in [2.45, 2.75) is 52.1 Å². The minimum atomic E-state index is 0.0263. The first-order valence-electron chi connectivity index (χ1n) is 7.06. The Morgan fingerprint density at radius 2 is 2.11 bits per heavy atom. The minimum absolute atomic E-state index is 0.0263. The quantitative estimate of drug-likeness (QED) is 0.778. The van der Waals surface area contributed by atoms with Gasteiger partial charge in [0.25, 0.3) is 0 Å². The van der Waals surface area contributed by atoms with E-state index in [1.54, 1.807) is 0 Å². The van der Waals surface area contributed by atoms with Gasteiger partial charge in [0.15, 0.2) is 0 Å². The van der Waals surface area contributed by atoms with Crippen LogP contribution in [0.15, 0.2) is 0 Å². The average molecular weight is 256 g/mol. The molecule has 4 nitrogen and oxygen atoms in total. The summed E-state index contributed by atoms with van der Waals surface area (Å²) >= 11 is 0. The first-order chi connectivity index (χ1) is 8.45. The van der Waals surface area contributed by atoms with Crippen LogP contribution in [0.3, 0.4) is 0 Å². The predicted molar refractivity (Wildman–Crippen MR) is 73.3 cm³/mol. The van der Waals surface area contributed by atoms with Crippen LogP contribution in [0.4, 0.5) is 0 Å². The highest BCUT2D eigenvalue weighted by atomic mass is 16.3. The van der Waals surface area contributed by atoms with Gasteiger partial charge in [-0.25, -0.2) is 0 Å². The fourth-order valence-electron chi connectivity index (χ4n) is 2.56. The maximum atomic E-state index is 12.0. The number of aliphatic hydroxyl groups excluding tert-OH is 1. The van der Waals surface area contributed by atoms with Crippen LogP contribution in [0.5, 0.6) is 0 Å². The van der Waals surface area contributed by atoms with E-state index >= 15 is 0 Å². The van der Waals surface area contributed by atoms with Gasteiger partial charge in [-0.1, -0.05) is 26.7 Å². The van der Waals surface area contributed by atoms with Crippen molar-refractivity contribution in [2.24, 2.45) is 11.8 Å². The van der Waals surface area contributed by atoms with Gasteiger partial charge in [-0.2, -0.15) is 0 Å². The summed E-state index contributed by atoms with van der Waals surface area (Å²) in [6, 6.07) is 0.345. The molecule has 0 spiro atoms. The normalized spacial score (nSPS) is 30.2.